The van der Waals surface area contributed by atoms with E-state index in [0.717, 1.165) is 11.1 Å². The molecular formula is C21H27O4-. The van der Waals surface area contributed by atoms with Crippen molar-refractivity contribution in [2.75, 3.05) is 6.61 Å². The van der Waals surface area contributed by atoms with E-state index in [4.69, 9.17) is 4.74 Å². The fourth-order valence-corrected chi connectivity index (χ4v) is 3.43. The smallest absolute Gasteiger partial charge is 0.334 e. The molecule has 0 saturated heterocycles. The first-order chi connectivity index (χ1) is 11.3. The maximum Gasteiger partial charge on any atom is 0.334 e. The molecule has 0 atom stereocenters. The van der Waals surface area contributed by atoms with Crippen LogP contribution in [-0.4, -0.2) is 18.4 Å². The van der Waals surface area contributed by atoms with Gasteiger partial charge < -0.3 is 9.84 Å². The van der Waals surface area contributed by atoms with E-state index in [0.29, 0.717) is 5.57 Å². The predicted octanol–water partition coefficient (Wildman–Crippen LogP) is 3.62. The summed E-state index contributed by atoms with van der Waals surface area (Å²) in [6, 6.07) is 4.81. The van der Waals surface area contributed by atoms with Crippen LogP contribution in [0, 0.1) is 10.8 Å². The Morgan fingerprint density at radius 1 is 1.12 bits per heavy atom. The van der Waals surface area contributed by atoms with Crippen LogP contribution >= 0.6 is 0 Å². The van der Waals surface area contributed by atoms with Crippen molar-refractivity contribution >= 4 is 17.8 Å². The maximum absolute atomic E-state index is 12.7. The fourth-order valence-electron chi connectivity index (χ4n) is 3.43. The first-order valence-electron chi connectivity index (χ1n) is 8.52. The first kappa shape index (κ1) is 19.2. The third kappa shape index (κ3) is 3.63. The average Bonchev–Trinajstić information content (AvgIpc) is 2.74. The van der Waals surface area contributed by atoms with Crippen molar-refractivity contribution in [1.29, 1.82) is 0 Å². The normalized spacial score (nSPS) is 16.2. The molecule has 0 unspecified atom stereocenters. The summed E-state index contributed by atoms with van der Waals surface area (Å²) in [5, 5.41) is 11.6. The van der Waals surface area contributed by atoms with Crippen molar-refractivity contribution in [3.63, 3.8) is 0 Å². The van der Waals surface area contributed by atoms with Crippen molar-refractivity contribution in [2.45, 2.75) is 53.9 Å². The van der Waals surface area contributed by atoms with Gasteiger partial charge in [-0.1, -0.05) is 52.8 Å². The molecule has 1 aromatic carbocycles. The van der Waals surface area contributed by atoms with Gasteiger partial charge in [0.15, 0.2) is 0 Å². The molecule has 4 heteroatoms. The SMILES string of the molecule is CC(C)(C)C(=O)C(C)(C)COC(=O)C1=Cc2cc([O-])ccc2C1(C)C. The number of ketones is 1. The third-order valence-corrected chi connectivity index (χ3v) is 4.75. The number of fused-ring (bicyclic) bond motifs is 1. The Balaban J connectivity index is 2.17. The number of Topliss-reactive ketones (excluding diaryl/α,β-unsaturated/α-hetero) is 1. The summed E-state index contributed by atoms with van der Waals surface area (Å²) in [6.45, 7) is 13.1. The quantitative estimate of drug-likeness (QED) is 0.783. The van der Waals surface area contributed by atoms with Gasteiger partial charge in [-0.15, -0.1) is 5.75 Å². The highest BCUT2D eigenvalue weighted by Gasteiger charge is 2.40. The highest BCUT2D eigenvalue weighted by molar-refractivity contribution is 6.00. The standard InChI is InChI=1S/C21H28O4/c1-19(2,3)18(24)20(4,5)12-25-17(23)16-11-13-10-14(22)8-9-15(13)21(16,6)7/h8-11,22H,12H2,1-7H3/p-1. The summed E-state index contributed by atoms with van der Waals surface area (Å²) >= 11 is 0. The molecule has 0 saturated carbocycles. The van der Waals surface area contributed by atoms with Gasteiger partial charge in [0.05, 0.1) is 5.41 Å². The zero-order chi connectivity index (χ0) is 19.2. The largest absolute Gasteiger partial charge is 0.872 e. The zero-order valence-corrected chi connectivity index (χ0v) is 16.1. The maximum atomic E-state index is 12.7. The van der Waals surface area contributed by atoms with Crippen molar-refractivity contribution in [1.82, 2.24) is 0 Å². The zero-order valence-electron chi connectivity index (χ0n) is 16.1. The van der Waals surface area contributed by atoms with E-state index < -0.39 is 22.2 Å². The predicted molar refractivity (Wildman–Crippen MR) is 96.1 cm³/mol. The highest BCUT2D eigenvalue weighted by atomic mass is 16.5. The number of hydrogen-bond donors (Lipinski definition) is 0. The van der Waals surface area contributed by atoms with Crippen LogP contribution in [0.3, 0.4) is 0 Å². The summed E-state index contributed by atoms with van der Waals surface area (Å²) in [5.41, 5.74) is 0.415. The van der Waals surface area contributed by atoms with E-state index in [1.54, 1.807) is 26.0 Å². The summed E-state index contributed by atoms with van der Waals surface area (Å²) in [6.07, 6.45) is 1.72. The number of ether oxygens (including phenoxy) is 1. The van der Waals surface area contributed by atoms with Crippen molar-refractivity contribution < 1.29 is 19.4 Å². The van der Waals surface area contributed by atoms with Crippen LogP contribution in [0.25, 0.3) is 6.08 Å². The molecule has 0 aromatic heterocycles. The van der Waals surface area contributed by atoms with Gasteiger partial charge in [0.1, 0.15) is 12.4 Å². The van der Waals surface area contributed by atoms with Crippen LogP contribution in [0.4, 0.5) is 0 Å². The minimum absolute atomic E-state index is 0.0263. The lowest BCUT2D eigenvalue weighted by molar-refractivity contribution is -0.268. The lowest BCUT2D eigenvalue weighted by atomic mass is 9.75. The number of carbonyl (C=O) groups excluding carboxylic acids is 2. The number of benzene rings is 1. The van der Waals surface area contributed by atoms with Crippen molar-refractivity contribution in [3.8, 4) is 5.75 Å². The Morgan fingerprint density at radius 2 is 1.72 bits per heavy atom. The molecule has 1 aliphatic rings. The van der Waals surface area contributed by atoms with Gasteiger partial charge in [-0.05, 0) is 31.1 Å². The molecule has 0 fully saturated rings. The van der Waals surface area contributed by atoms with Gasteiger partial charge in [-0.25, -0.2) is 4.79 Å². The Kier molecular flexibility index (Phi) is 4.62. The van der Waals surface area contributed by atoms with Crippen LogP contribution < -0.4 is 5.11 Å². The van der Waals surface area contributed by atoms with Crippen LogP contribution in [0.2, 0.25) is 0 Å². The van der Waals surface area contributed by atoms with Crippen LogP contribution in [-0.2, 0) is 19.7 Å². The molecule has 4 nitrogen and oxygen atoms in total. The van der Waals surface area contributed by atoms with Crippen LogP contribution in [0.15, 0.2) is 23.8 Å². The number of rotatable bonds is 4. The molecule has 0 bridgehead atoms. The number of hydrogen-bond acceptors (Lipinski definition) is 4. The van der Waals surface area contributed by atoms with E-state index >= 15 is 0 Å². The topological polar surface area (TPSA) is 66.4 Å². The monoisotopic (exact) mass is 343 g/mol. The number of esters is 1. The van der Waals surface area contributed by atoms with E-state index in [-0.39, 0.29) is 18.1 Å². The number of carbonyl (C=O) groups is 2. The molecular weight excluding hydrogens is 316 g/mol. The van der Waals surface area contributed by atoms with Gasteiger partial charge in [0.2, 0.25) is 0 Å². The first-order valence-corrected chi connectivity index (χ1v) is 8.52. The van der Waals surface area contributed by atoms with Gasteiger partial charge in [-0.2, -0.15) is 0 Å². The van der Waals surface area contributed by atoms with Gasteiger partial charge in [0.25, 0.3) is 0 Å². The Morgan fingerprint density at radius 3 is 2.28 bits per heavy atom. The van der Waals surface area contributed by atoms with Crippen molar-refractivity contribution in [3.05, 3.63) is 34.9 Å². The Labute approximate surface area is 149 Å². The molecule has 0 heterocycles. The molecule has 136 valence electrons. The summed E-state index contributed by atoms with van der Waals surface area (Å²) in [5.74, 6) is -0.479. The highest BCUT2D eigenvalue weighted by Crippen LogP contribution is 2.43. The molecule has 25 heavy (non-hydrogen) atoms. The summed E-state index contributed by atoms with van der Waals surface area (Å²) in [7, 11) is 0. The summed E-state index contributed by atoms with van der Waals surface area (Å²) in [4.78, 5) is 25.2. The third-order valence-electron chi connectivity index (χ3n) is 4.75. The second-order valence-corrected chi connectivity index (χ2v) is 8.97. The summed E-state index contributed by atoms with van der Waals surface area (Å²) < 4.78 is 5.50. The van der Waals surface area contributed by atoms with E-state index in [1.807, 2.05) is 34.6 Å². The minimum Gasteiger partial charge on any atom is -0.872 e. The van der Waals surface area contributed by atoms with E-state index in [9.17, 15) is 14.7 Å². The van der Waals surface area contributed by atoms with E-state index in [2.05, 4.69) is 0 Å². The second-order valence-electron chi connectivity index (χ2n) is 8.97. The van der Waals surface area contributed by atoms with Crippen molar-refractivity contribution in [2.24, 2.45) is 10.8 Å². The minimum atomic E-state index is -0.758. The van der Waals surface area contributed by atoms with Crippen LogP contribution in [0.5, 0.6) is 5.75 Å². The fraction of sp³-hybridized carbons (Fsp3) is 0.524. The second kappa shape index (κ2) is 6.01. The molecule has 0 aliphatic heterocycles. The Hall–Kier alpha value is -2.10. The molecule has 0 amide bonds. The lowest BCUT2D eigenvalue weighted by Gasteiger charge is -2.31. The Bertz CT molecular complexity index is 746. The molecule has 1 aliphatic carbocycles. The molecule has 0 N–H and O–H groups in total. The van der Waals surface area contributed by atoms with Gasteiger partial charge in [-0.3, -0.25) is 4.79 Å². The van der Waals surface area contributed by atoms with Gasteiger partial charge in [0, 0.05) is 16.4 Å². The molecule has 1 aromatic rings. The van der Waals surface area contributed by atoms with Crippen LogP contribution in [0.1, 0.15) is 59.6 Å². The van der Waals surface area contributed by atoms with E-state index in [1.165, 1.54) is 12.1 Å². The molecule has 0 spiro atoms. The van der Waals surface area contributed by atoms with Gasteiger partial charge >= 0.3 is 5.97 Å². The molecule has 2 rings (SSSR count). The lowest BCUT2D eigenvalue weighted by Crippen LogP contribution is -2.39. The molecule has 0 radical (unpaired) electrons. The average molecular weight is 343 g/mol.